The van der Waals surface area contributed by atoms with Gasteiger partial charge in [-0.15, -0.1) is 0 Å². The van der Waals surface area contributed by atoms with Gasteiger partial charge in [-0.2, -0.15) is 0 Å². The second kappa shape index (κ2) is 11.8. The summed E-state index contributed by atoms with van der Waals surface area (Å²) in [5.74, 6) is 0.0895. The highest BCUT2D eigenvalue weighted by molar-refractivity contribution is 7.91. The molecule has 0 aliphatic heterocycles. The first kappa shape index (κ1) is 26.1. The number of aromatic nitrogens is 1. The van der Waals surface area contributed by atoms with Crippen LogP contribution in [0.1, 0.15) is 32.8 Å². The quantitative estimate of drug-likeness (QED) is 0.364. The van der Waals surface area contributed by atoms with Gasteiger partial charge >= 0.3 is 0 Å². The highest BCUT2D eigenvalue weighted by Crippen LogP contribution is 2.31. The van der Waals surface area contributed by atoms with Crippen molar-refractivity contribution in [2.24, 2.45) is 0 Å². The monoisotopic (exact) mass is 503 g/mol. The zero-order valence-electron chi connectivity index (χ0n) is 20.3. The lowest BCUT2D eigenvalue weighted by Gasteiger charge is -2.24. The molecule has 1 heterocycles. The van der Waals surface area contributed by atoms with Crippen LogP contribution in [0.5, 0.6) is 5.75 Å². The van der Waals surface area contributed by atoms with E-state index in [-0.39, 0.29) is 23.0 Å². The number of benzene rings is 2. The molecule has 0 fully saturated rings. The minimum absolute atomic E-state index is 0.108. The Morgan fingerprint density at radius 3 is 2.35 bits per heavy atom. The third kappa shape index (κ3) is 6.14. The first-order chi connectivity index (χ1) is 16.3. The second-order valence-electron chi connectivity index (χ2n) is 7.93. The van der Waals surface area contributed by atoms with Crippen molar-refractivity contribution in [1.82, 2.24) is 9.88 Å². The van der Waals surface area contributed by atoms with E-state index in [1.165, 1.54) is 30.6 Å². The number of sulfone groups is 1. The van der Waals surface area contributed by atoms with Gasteiger partial charge in [0.15, 0.2) is 15.0 Å². The van der Waals surface area contributed by atoms with E-state index in [1.54, 1.807) is 17.0 Å². The molecule has 0 radical (unpaired) electrons. The van der Waals surface area contributed by atoms with Crippen LogP contribution in [0.15, 0.2) is 47.4 Å². The van der Waals surface area contributed by atoms with Gasteiger partial charge in [-0.1, -0.05) is 44.2 Å². The van der Waals surface area contributed by atoms with E-state index in [4.69, 9.17) is 9.72 Å². The second-order valence-corrected chi connectivity index (χ2v) is 11.0. The van der Waals surface area contributed by atoms with Gasteiger partial charge in [0.2, 0.25) is 5.91 Å². The molecule has 3 aromatic rings. The molecular weight excluding hydrogens is 470 g/mol. The summed E-state index contributed by atoms with van der Waals surface area (Å²) in [7, 11) is -2.07. The van der Waals surface area contributed by atoms with Gasteiger partial charge in [-0.25, -0.2) is 13.4 Å². The van der Waals surface area contributed by atoms with Crippen molar-refractivity contribution in [2.75, 3.05) is 43.9 Å². The van der Waals surface area contributed by atoms with Crippen molar-refractivity contribution < 1.29 is 17.9 Å². The number of rotatable bonds is 12. The van der Waals surface area contributed by atoms with Gasteiger partial charge in [0.25, 0.3) is 0 Å². The lowest BCUT2D eigenvalue weighted by atomic mass is 10.1. The number of anilines is 1. The largest absolute Gasteiger partial charge is 0.497 e. The topological polar surface area (TPSA) is 79.8 Å². The Hall–Kier alpha value is -2.49. The Morgan fingerprint density at radius 1 is 1.03 bits per heavy atom. The maximum atomic E-state index is 13.3. The molecule has 3 rings (SSSR count). The minimum Gasteiger partial charge on any atom is -0.497 e. The molecule has 0 atom stereocenters. The summed E-state index contributed by atoms with van der Waals surface area (Å²) >= 11 is 1.48. The fraction of sp³-hybridized carbons (Fsp3) is 0.440. The van der Waals surface area contributed by atoms with Crippen molar-refractivity contribution in [2.45, 2.75) is 38.5 Å². The minimum atomic E-state index is -3.60. The van der Waals surface area contributed by atoms with Crippen molar-refractivity contribution in [3.63, 3.8) is 0 Å². The first-order valence-electron chi connectivity index (χ1n) is 11.6. The highest BCUT2D eigenvalue weighted by atomic mass is 32.2. The van der Waals surface area contributed by atoms with Gasteiger partial charge in [0, 0.05) is 19.5 Å². The normalized spacial score (nSPS) is 11.8. The molecule has 0 saturated carbocycles. The zero-order valence-corrected chi connectivity index (χ0v) is 21.9. The van der Waals surface area contributed by atoms with E-state index in [9.17, 15) is 13.2 Å². The number of para-hydroxylation sites is 1. The molecule has 0 unspecified atom stereocenters. The van der Waals surface area contributed by atoms with E-state index in [0.717, 1.165) is 35.3 Å². The van der Waals surface area contributed by atoms with Crippen molar-refractivity contribution in [1.29, 1.82) is 0 Å². The zero-order chi connectivity index (χ0) is 24.7. The number of likely N-dealkylation sites (N-methyl/N-ethyl adjacent to an activating group) is 1. The molecule has 1 amide bonds. The van der Waals surface area contributed by atoms with E-state index in [0.29, 0.717) is 24.0 Å². The maximum absolute atomic E-state index is 13.3. The van der Waals surface area contributed by atoms with Gasteiger partial charge in [-0.05, 0) is 55.4 Å². The third-order valence-corrected chi connectivity index (χ3v) is 8.72. The Morgan fingerprint density at radius 2 is 1.74 bits per heavy atom. The molecular formula is C25H33N3O4S2. The third-order valence-electron chi connectivity index (χ3n) is 5.94. The number of nitrogens with zero attached hydrogens (tertiary/aromatic N) is 3. The number of methoxy groups -OCH3 is 1. The lowest BCUT2D eigenvalue weighted by Crippen LogP contribution is -2.39. The summed E-state index contributed by atoms with van der Waals surface area (Å²) in [6.07, 6.45) is 0.747. The van der Waals surface area contributed by atoms with Crippen LogP contribution in [0.3, 0.4) is 0 Å². The van der Waals surface area contributed by atoms with Gasteiger partial charge in [0.1, 0.15) is 5.75 Å². The molecule has 0 bridgehead atoms. The summed E-state index contributed by atoms with van der Waals surface area (Å²) in [6.45, 7) is 9.17. The molecule has 2 aromatic carbocycles. The highest BCUT2D eigenvalue weighted by Gasteiger charge is 2.24. The summed E-state index contributed by atoms with van der Waals surface area (Å²) < 4.78 is 31.8. The summed E-state index contributed by atoms with van der Waals surface area (Å²) in [5, 5.41) is 0.620. The van der Waals surface area contributed by atoms with Crippen molar-refractivity contribution >= 4 is 42.4 Å². The van der Waals surface area contributed by atoms with E-state index in [1.807, 2.05) is 12.1 Å². The number of amides is 1. The smallest absolute Gasteiger partial charge is 0.229 e. The van der Waals surface area contributed by atoms with Crippen LogP contribution in [-0.2, 0) is 21.1 Å². The van der Waals surface area contributed by atoms with Crippen LogP contribution in [0.25, 0.3) is 10.2 Å². The van der Waals surface area contributed by atoms with E-state index in [2.05, 4.69) is 31.7 Å². The number of ether oxygens (including phenoxy) is 1. The SMILES string of the molecule is CCc1cccc2sc(N(CCN(CC)CC)C(=O)CCS(=O)(=O)c3ccc(OC)cc3)nc12. The summed E-state index contributed by atoms with van der Waals surface area (Å²) in [6, 6.07) is 12.3. The van der Waals surface area contributed by atoms with Gasteiger partial charge in [-0.3, -0.25) is 9.69 Å². The number of aryl methyl sites for hydroxylation is 1. The predicted molar refractivity (Wildman–Crippen MR) is 139 cm³/mol. The average Bonchev–Trinajstić information content (AvgIpc) is 3.29. The fourth-order valence-electron chi connectivity index (χ4n) is 3.76. The van der Waals surface area contributed by atoms with Crippen LogP contribution in [0.4, 0.5) is 5.13 Å². The number of carbonyl (C=O) groups is 1. The van der Waals surface area contributed by atoms with Crippen molar-refractivity contribution in [3.05, 3.63) is 48.0 Å². The molecule has 0 spiro atoms. The van der Waals surface area contributed by atoms with Crippen molar-refractivity contribution in [3.8, 4) is 5.75 Å². The Kier molecular flexibility index (Phi) is 9.04. The van der Waals surface area contributed by atoms with Crippen LogP contribution in [-0.4, -0.2) is 63.3 Å². The maximum Gasteiger partial charge on any atom is 0.229 e. The molecule has 34 heavy (non-hydrogen) atoms. The standard InChI is InChI=1S/C25H33N3O4S2/c1-5-19-9-8-10-22-24(19)26-25(33-22)28(17-16-27(6-2)7-3)23(29)15-18-34(30,31)21-13-11-20(32-4)12-14-21/h8-14H,5-7,15-18H2,1-4H3. The lowest BCUT2D eigenvalue weighted by molar-refractivity contribution is -0.118. The Labute approximate surface area is 206 Å². The summed E-state index contributed by atoms with van der Waals surface area (Å²) in [5.41, 5.74) is 2.05. The molecule has 0 aliphatic carbocycles. The Balaban J connectivity index is 1.83. The number of thiazole rings is 1. The van der Waals surface area contributed by atoms with E-state index >= 15 is 0 Å². The number of hydrogen-bond donors (Lipinski definition) is 0. The molecule has 9 heteroatoms. The van der Waals surface area contributed by atoms with Crippen LogP contribution >= 0.6 is 11.3 Å². The van der Waals surface area contributed by atoms with Crippen LogP contribution in [0, 0.1) is 0 Å². The average molecular weight is 504 g/mol. The van der Waals surface area contributed by atoms with Crippen LogP contribution in [0.2, 0.25) is 0 Å². The predicted octanol–water partition coefficient (Wildman–Crippen LogP) is 4.41. The molecule has 0 saturated heterocycles. The molecule has 0 N–H and O–H groups in total. The van der Waals surface area contributed by atoms with Crippen LogP contribution < -0.4 is 9.64 Å². The molecule has 1 aromatic heterocycles. The number of hydrogen-bond acceptors (Lipinski definition) is 7. The number of carbonyl (C=O) groups excluding carboxylic acids is 1. The van der Waals surface area contributed by atoms with Gasteiger partial charge < -0.3 is 9.64 Å². The van der Waals surface area contributed by atoms with E-state index < -0.39 is 9.84 Å². The molecule has 184 valence electrons. The summed E-state index contributed by atoms with van der Waals surface area (Å²) in [4.78, 5) is 22.2. The fourth-order valence-corrected chi connectivity index (χ4v) is 6.05. The number of fused-ring (bicyclic) bond motifs is 1. The first-order valence-corrected chi connectivity index (χ1v) is 14.1. The molecule has 7 nitrogen and oxygen atoms in total. The Bertz CT molecular complexity index is 1200. The molecule has 0 aliphatic rings. The van der Waals surface area contributed by atoms with Gasteiger partial charge in [0.05, 0.1) is 28.0 Å².